The Kier molecular flexibility index (Phi) is 3.41. The SMILES string of the molecule is Cc1ccc(C(Br)c2ccc(Cl)o2)cc1C. The largest absolute Gasteiger partial charge is 0.448 e. The second kappa shape index (κ2) is 4.64. The Hall–Kier alpha value is -0.730. The molecule has 0 radical (unpaired) electrons. The third-order valence-corrected chi connectivity index (χ3v) is 3.85. The van der Waals surface area contributed by atoms with E-state index in [1.165, 1.54) is 16.7 Å². The highest BCUT2D eigenvalue weighted by Gasteiger charge is 2.14. The van der Waals surface area contributed by atoms with Crippen molar-refractivity contribution in [3.05, 3.63) is 58.0 Å². The van der Waals surface area contributed by atoms with Crippen LogP contribution < -0.4 is 0 Å². The molecular weight excluding hydrogens is 287 g/mol. The summed E-state index contributed by atoms with van der Waals surface area (Å²) in [4.78, 5) is 0.0549. The fourth-order valence-electron chi connectivity index (χ4n) is 1.55. The maximum Gasteiger partial charge on any atom is 0.193 e. The average molecular weight is 300 g/mol. The minimum absolute atomic E-state index is 0.0549. The summed E-state index contributed by atoms with van der Waals surface area (Å²) in [6.45, 7) is 4.21. The van der Waals surface area contributed by atoms with Gasteiger partial charge in [-0.25, -0.2) is 0 Å². The molecule has 0 amide bonds. The zero-order chi connectivity index (χ0) is 11.7. The summed E-state index contributed by atoms with van der Waals surface area (Å²) in [5.41, 5.74) is 3.75. The van der Waals surface area contributed by atoms with E-state index in [9.17, 15) is 0 Å². The number of rotatable bonds is 2. The lowest BCUT2D eigenvalue weighted by molar-refractivity contribution is 0.521. The lowest BCUT2D eigenvalue weighted by Gasteiger charge is -2.09. The molecule has 1 atom stereocenters. The van der Waals surface area contributed by atoms with Crippen molar-refractivity contribution in [2.75, 3.05) is 0 Å². The Balaban J connectivity index is 2.33. The summed E-state index contributed by atoms with van der Waals surface area (Å²) >= 11 is 9.37. The zero-order valence-electron chi connectivity index (χ0n) is 9.13. The topological polar surface area (TPSA) is 13.1 Å². The van der Waals surface area contributed by atoms with E-state index in [4.69, 9.17) is 16.0 Å². The van der Waals surface area contributed by atoms with Crippen LogP contribution in [0.3, 0.4) is 0 Å². The fourth-order valence-corrected chi connectivity index (χ4v) is 2.23. The molecule has 0 fully saturated rings. The van der Waals surface area contributed by atoms with Gasteiger partial charge in [0.1, 0.15) is 5.76 Å². The van der Waals surface area contributed by atoms with Gasteiger partial charge in [-0.3, -0.25) is 0 Å². The van der Waals surface area contributed by atoms with Crippen LogP contribution in [0.1, 0.15) is 27.3 Å². The van der Waals surface area contributed by atoms with Gasteiger partial charge in [0.05, 0.1) is 4.83 Å². The normalized spacial score (nSPS) is 12.8. The Morgan fingerprint density at radius 2 is 1.88 bits per heavy atom. The van der Waals surface area contributed by atoms with Crippen molar-refractivity contribution in [3.8, 4) is 0 Å². The third kappa shape index (κ3) is 2.33. The molecular formula is C13H12BrClO. The van der Waals surface area contributed by atoms with Crippen molar-refractivity contribution >= 4 is 27.5 Å². The van der Waals surface area contributed by atoms with Gasteiger partial charge in [0.15, 0.2) is 5.22 Å². The molecule has 0 spiro atoms. The van der Waals surface area contributed by atoms with E-state index >= 15 is 0 Å². The van der Waals surface area contributed by atoms with Gasteiger partial charge < -0.3 is 4.42 Å². The summed E-state index contributed by atoms with van der Waals surface area (Å²) in [6.07, 6.45) is 0. The summed E-state index contributed by atoms with van der Waals surface area (Å²) in [7, 11) is 0. The summed E-state index contributed by atoms with van der Waals surface area (Å²) in [5, 5.41) is 0.420. The van der Waals surface area contributed by atoms with Crippen LogP contribution in [0.2, 0.25) is 5.22 Å². The third-order valence-electron chi connectivity index (χ3n) is 2.67. The molecule has 0 aliphatic rings. The van der Waals surface area contributed by atoms with Crippen LogP contribution >= 0.6 is 27.5 Å². The number of furan rings is 1. The van der Waals surface area contributed by atoms with E-state index in [1.54, 1.807) is 6.07 Å². The quantitative estimate of drug-likeness (QED) is 0.709. The van der Waals surface area contributed by atoms with Gasteiger partial charge >= 0.3 is 0 Å². The average Bonchev–Trinajstić information content (AvgIpc) is 2.68. The first kappa shape index (κ1) is 11.7. The molecule has 3 heteroatoms. The number of halogens is 2. The molecule has 16 heavy (non-hydrogen) atoms. The number of aryl methyl sites for hydroxylation is 2. The van der Waals surface area contributed by atoms with Crippen molar-refractivity contribution in [2.24, 2.45) is 0 Å². The maximum atomic E-state index is 5.76. The van der Waals surface area contributed by atoms with Crippen LogP contribution in [0.15, 0.2) is 34.7 Å². The lowest BCUT2D eigenvalue weighted by Crippen LogP contribution is -1.92. The highest BCUT2D eigenvalue weighted by molar-refractivity contribution is 9.09. The second-order valence-corrected chi connectivity index (χ2v) is 5.14. The van der Waals surface area contributed by atoms with Crippen LogP contribution in [0.4, 0.5) is 0 Å². The van der Waals surface area contributed by atoms with Crippen molar-refractivity contribution < 1.29 is 4.42 Å². The lowest BCUT2D eigenvalue weighted by atomic mass is 10.0. The van der Waals surface area contributed by atoms with E-state index in [1.807, 2.05) is 6.07 Å². The van der Waals surface area contributed by atoms with Gasteiger partial charge in [-0.05, 0) is 54.3 Å². The predicted molar refractivity (Wildman–Crippen MR) is 70.4 cm³/mol. The van der Waals surface area contributed by atoms with E-state index in [0.717, 1.165) is 5.76 Å². The molecule has 0 saturated carbocycles. The summed E-state index contributed by atoms with van der Waals surface area (Å²) < 4.78 is 5.39. The molecule has 2 rings (SSSR count). The highest BCUT2D eigenvalue weighted by Crippen LogP contribution is 2.33. The number of benzene rings is 1. The van der Waals surface area contributed by atoms with Crippen LogP contribution in [-0.4, -0.2) is 0 Å². The van der Waals surface area contributed by atoms with Crippen LogP contribution in [0.5, 0.6) is 0 Å². The molecule has 1 aromatic heterocycles. The highest BCUT2D eigenvalue weighted by atomic mass is 79.9. The first-order chi connectivity index (χ1) is 7.58. The monoisotopic (exact) mass is 298 g/mol. The summed E-state index contributed by atoms with van der Waals surface area (Å²) in [5.74, 6) is 0.827. The molecule has 0 bridgehead atoms. The zero-order valence-corrected chi connectivity index (χ0v) is 11.5. The van der Waals surface area contributed by atoms with Gasteiger partial charge in [-0.15, -0.1) is 0 Å². The number of alkyl halides is 1. The fraction of sp³-hybridized carbons (Fsp3) is 0.231. The molecule has 0 aliphatic carbocycles. The number of hydrogen-bond donors (Lipinski definition) is 0. The smallest absolute Gasteiger partial charge is 0.193 e. The molecule has 0 N–H and O–H groups in total. The standard InChI is InChI=1S/C13H12BrClO/c1-8-3-4-10(7-9(8)2)13(14)11-5-6-12(15)16-11/h3-7,13H,1-2H3. The molecule has 84 valence electrons. The van der Waals surface area contributed by atoms with E-state index in [2.05, 4.69) is 48.0 Å². The van der Waals surface area contributed by atoms with Gasteiger partial charge in [0, 0.05) is 0 Å². The Morgan fingerprint density at radius 1 is 1.12 bits per heavy atom. The molecule has 1 heterocycles. The molecule has 0 saturated heterocycles. The van der Waals surface area contributed by atoms with Crippen LogP contribution in [0, 0.1) is 13.8 Å². The minimum Gasteiger partial charge on any atom is -0.448 e. The minimum atomic E-state index is 0.0549. The predicted octanol–water partition coefficient (Wildman–Crippen LogP) is 5.03. The first-order valence-corrected chi connectivity index (χ1v) is 6.34. The van der Waals surface area contributed by atoms with Crippen LogP contribution in [0.25, 0.3) is 0 Å². The maximum absolute atomic E-state index is 5.76. The number of hydrogen-bond acceptors (Lipinski definition) is 1. The van der Waals surface area contributed by atoms with Crippen molar-refractivity contribution in [2.45, 2.75) is 18.7 Å². The van der Waals surface area contributed by atoms with E-state index in [-0.39, 0.29) is 4.83 Å². The van der Waals surface area contributed by atoms with E-state index < -0.39 is 0 Å². The molecule has 1 unspecified atom stereocenters. The van der Waals surface area contributed by atoms with Crippen molar-refractivity contribution in [1.29, 1.82) is 0 Å². The Bertz CT molecular complexity index is 504. The molecule has 1 nitrogen and oxygen atoms in total. The van der Waals surface area contributed by atoms with Gasteiger partial charge in [0.25, 0.3) is 0 Å². The van der Waals surface area contributed by atoms with Gasteiger partial charge in [-0.2, -0.15) is 0 Å². The Labute approximate surface area is 109 Å². The van der Waals surface area contributed by atoms with Crippen molar-refractivity contribution in [1.82, 2.24) is 0 Å². The van der Waals surface area contributed by atoms with Gasteiger partial charge in [0.2, 0.25) is 0 Å². The molecule has 1 aromatic carbocycles. The second-order valence-electron chi connectivity index (χ2n) is 3.85. The molecule has 2 aromatic rings. The first-order valence-electron chi connectivity index (χ1n) is 5.04. The van der Waals surface area contributed by atoms with Crippen molar-refractivity contribution in [3.63, 3.8) is 0 Å². The van der Waals surface area contributed by atoms with Gasteiger partial charge in [-0.1, -0.05) is 34.1 Å². The summed E-state index contributed by atoms with van der Waals surface area (Å²) in [6, 6.07) is 10.0. The Morgan fingerprint density at radius 3 is 2.44 bits per heavy atom. The van der Waals surface area contributed by atoms with Crippen LogP contribution in [-0.2, 0) is 0 Å². The van der Waals surface area contributed by atoms with E-state index in [0.29, 0.717) is 5.22 Å². The molecule has 0 aliphatic heterocycles.